The van der Waals surface area contributed by atoms with Crippen LogP contribution >= 0.6 is 0 Å². The fourth-order valence-electron chi connectivity index (χ4n) is 1.05. The fraction of sp³-hybridized carbons (Fsp3) is 0.200. The van der Waals surface area contributed by atoms with Gasteiger partial charge in [0.2, 0.25) is 5.91 Å². The molecule has 1 aromatic rings. The van der Waals surface area contributed by atoms with Gasteiger partial charge in [-0.05, 0) is 19.1 Å². The van der Waals surface area contributed by atoms with Gasteiger partial charge in [-0.25, -0.2) is 0 Å². The molecule has 5 nitrogen and oxygen atoms in total. The van der Waals surface area contributed by atoms with Gasteiger partial charge in [0.1, 0.15) is 0 Å². The first-order chi connectivity index (χ1) is 7.02. The molecule has 0 saturated heterocycles. The van der Waals surface area contributed by atoms with Crippen LogP contribution in [0, 0.1) is 0 Å². The van der Waals surface area contributed by atoms with Crippen LogP contribution in [0.4, 0.5) is 5.69 Å². The van der Waals surface area contributed by atoms with E-state index in [1.54, 1.807) is 31.2 Å². The van der Waals surface area contributed by atoms with Crippen molar-refractivity contribution < 1.29 is 9.59 Å². The predicted octanol–water partition coefficient (Wildman–Crippen LogP) is 0.0712. The third-order valence-electron chi connectivity index (χ3n) is 1.86. The molecule has 15 heavy (non-hydrogen) atoms. The summed E-state index contributed by atoms with van der Waals surface area (Å²) in [6.45, 7) is 1.56. The van der Waals surface area contributed by atoms with Crippen LogP contribution in [0.2, 0.25) is 0 Å². The number of carbonyl (C=O) groups is 2. The highest BCUT2D eigenvalue weighted by Crippen LogP contribution is 2.14. The van der Waals surface area contributed by atoms with Crippen LogP contribution in [0.3, 0.4) is 0 Å². The summed E-state index contributed by atoms with van der Waals surface area (Å²) < 4.78 is 0. The maximum Gasteiger partial charge on any atom is 0.250 e. The lowest BCUT2D eigenvalue weighted by Gasteiger charge is -2.10. The molecular weight excluding hydrogens is 194 g/mol. The van der Waals surface area contributed by atoms with Crippen molar-refractivity contribution in [2.45, 2.75) is 13.0 Å². The lowest BCUT2D eigenvalue weighted by atomic mass is 10.1. The van der Waals surface area contributed by atoms with Crippen molar-refractivity contribution in [2.75, 3.05) is 5.32 Å². The summed E-state index contributed by atoms with van der Waals surface area (Å²) in [7, 11) is 0. The zero-order valence-corrected chi connectivity index (χ0v) is 8.36. The Hall–Kier alpha value is -1.88. The Morgan fingerprint density at radius 3 is 2.47 bits per heavy atom. The highest BCUT2D eigenvalue weighted by atomic mass is 16.2. The lowest BCUT2D eigenvalue weighted by Crippen LogP contribution is -2.33. The molecule has 0 heterocycles. The molecule has 0 aliphatic rings. The number of rotatable bonds is 3. The molecule has 1 unspecified atom stereocenters. The van der Waals surface area contributed by atoms with E-state index in [-0.39, 0.29) is 11.5 Å². The minimum atomic E-state index is -0.633. The molecule has 80 valence electrons. The highest BCUT2D eigenvalue weighted by Gasteiger charge is 2.12. The Labute approximate surface area is 87.4 Å². The Morgan fingerprint density at radius 2 is 1.93 bits per heavy atom. The van der Waals surface area contributed by atoms with Crippen LogP contribution < -0.4 is 16.8 Å². The molecule has 2 amide bonds. The highest BCUT2D eigenvalue weighted by molar-refractivity contribution is 6.03. The van der Waals surface area contributed by atoms with Crippen LogP contribution in [-0.4, -0.2) is 17.9 Å². The van der Waals surface area contributed by atoms with Crippen molar-refractivity contribution in [3.05, 3.63) is 29.8 Å². The zero-order chi connectivity index (χ0) is 11.4. The summed E-state index contributed by atoms with van der Waals surface area (Å²) in [6, 6.07) is 5.87. The van der Waals surface area contributed by atoms with E-state index in [0.717, 1.165) is 0 Å². The van der Waals surface area contributed by atoms with E-state index in [1.165, 1.54) is 0 Å². The molecular formula is C10H13N3O2. The van der Waals surface area contributed by atoms with Crippen LogP contribution in [0.25, 0.3) is 0 Å². The number of hydrogen-bond acceptors (Lipinski definition) is 3. The van der Waals surface area contributed by atoms with E-state index >= 15 is 0 Å². The van der Waals surface area contributed by atoms with Gasteiger partial charge in [-0.15, -0.1) is 0 Å². The normalized spacial score (nSPS) is 11.9. The fourth-order valence-corrected chi connectivity index (χ4v) is 1.05. The van der Waals surface area contributed by atoms with Gasteiger partial charge < -0.3 is 16.8 Å². The van der Waals surface area contributed by atoms with E-state index in [9.17, 15) is 9.59 Å². The minimum absolute atomic E-state index is 0.270. The molecule has 5 N–H and O–H groups in total. The molecule has 1 aromatic carbocycles. The number of nitrogens with one attached hydrogen (secondary N) is 1. The molecule has 0 aliphatic heterocycles. The number of primary amides is 1. The van der Waals surface area contributed by atoms with E-state index in [1.807, 2.05) is 0 Å². The maximum absolute atomic E-state index is 11.3. The van der Waals surface area contributed by atoms with Gasteiger partial charge in [-0.2, -0.15) is 0 Å². The van der Waals surface area contributed by atoms with Crippen molar-refractivity contribution in [1.29, 1.82) is 0 Å². The van der Waals surface area contributed by atoms with Crippen molar-refractivity contribution in [3.63, 3.8) is 0 Å². The monoisotopic (exact) mass is 207 g/mol. The van der Waals surface area contributed by atoms with E-state index in [0.29, 0.717) is 5.69 Å². The summed E-state index contributed by atoms with van der Waals surface area (Å²) in [4.78, 5) is 22.3. The Bertz CT molecular complexity index is 388. The van der Waals surface area contributed by atoms with Crippen molar-refractivity contribution in [2.24, 2.45) is 11.5 Å². The molecule has 1 atom stereocenters. The quantitative estimate of drug-likeness (QED) is 0.654. The van der Waals surface area contributed by atoms with Gasteiger partial charge in [-0.3, -0.25) is 9.59 Å². The first-order valence-electron chi connectivity index (χ1n) is 4.47. The molecule has 1 rings (SSSR count). The Kier molecular flexibility index (Phi) is 3.41. The average Bonchev–Trinajstić information content (AvgIpc) is 2.18. The molecule has 0 aliphatic carbocycles. The number of nitrogens with two attached hydrogens (primary N) is 2. The molecule has 5 heteroatoms. The molecule has 0 bridgehead atoms. The number of benzene rings is 1. The van der Waals surface area contributed by atoms with Gasteiger partial charge in [0.15, 0.2) is 0 Å². The minimum Gasteiger partial charge on any atom is -0.366 e. The summed E-state index contributed by atoms with van der Waals surface area (Å²) in [5.41, 5.74) is 11.2. The summed E-state index contributed by atoms with van der Waals surface area (Å²) >= 11 is 0. The van der Waals surface area contributed by atoms with Crippen molar-refractivity contribution in [3.8, 4) is 0 Å². The van der Waals surface area contributed by atoms with Crippen LogP contribution in [0.1, 0.15) is 17.3 Å². The smallest absolute Gasteiger partial charge is 0.250 e. The van der Waals surface area contributed by atoms with Gasteiger partial charge in [0.05, 0.1) is 17.3 Å². The third-order valence-corrected chi connectivity index (χ3v) is 1.86. The second-order valence-electron chi connectivity index (χ2n) is 3.19. The predicted molar refractivity (Wildman–Crippen MR) is 57.2 cm³/mol. The molecule has 0 aromatic heterocycles. The van der Waals surface area contributed by atoms with Crippen LogP contribution in [0.5, 0.6) is 0 Å². The van der Waals surface area contributed by atoms with Crippen molar-refractivity contribution in [1.82, 2.24) is 0 Å². The SMILES string of the molecule is CC(N)C(=O)Nc1ccccc1C(N)=O. The number of hydrogen-bond donors (Lipinski definition) is 3. The number of para-hydroxylation sites is 1. The summed E-state index contributed by atoms with van der Waals surface area (Å²) in [5, 5.41) is 2.53. The largest absolute Gasteiger partial charge is 0.366 e. The van der Waals surface area contributed by atoms with Gasteiger partial charge >= 0.3 is 0 Å². The van der Waals surface area contributed by atoms with Gasteiger partial charge in [0, 0.05) is 0 Å². The van der Waals surface area contributed by atoms with Crippen molar-refractivity contribution >= 4 is 17.5 Å². The average molecular weight is 207 g/mol. The second-order valence-corrected chi connectivity index (χ2v) is 3.19. The standard InChI is InChI=1S/C10H13N3O2/c1-6(11)10(15)13-8-5-3-2-4-7(8)9(12)14/h2-6H,11H2,1H3,(H2,12,14)(H,13,15). The van der Waals surface area contributed by atoms with E-state index in [2.05, 4.69) is 5.32 Å². The first kappa shape index (κ1) is 11.2. The molecule has 0 fully saturated rings. The molecule has 0 saturated carbocycles. The Balaban J connectivity index is 2.94. The number of carbonyl (C=O) groups excluding carboxylic acids is 2. The topological polar surface area (TPSA) is 98.2 Å². The molecule has 0 radical (unpaired) electrons. The van der Waals surface area contributed by atoms with E-state index in [4.69, 9.17) is 11.5 Å². The van der Waals surface area contributed by atoms with Crippen LogP contribution in [-0.2, 0) is 4.79 Å². The van der Waals surface area contributed by atoms with E-state index < -0.39 is 11.9 Å². The zero-order valence-electron chi connectivity index (χ0n) is 8.36. The third kappa shape index (κ3) is 2.78. The number of anilines is 1. The Morgan fingerprint density at radius 1 is 1.33 bits per heavy atom. The maximum atomic E-state index is 11.3. The van der Waals surface area contributed by atoms with Crippen LogP contribution in [0.15, 0.2) is 24.3 Å². The van der Waals surface area contributed by atoms with Gasteiger partial charge in [0.25, 0.3) is 5.91 Å². The van der Waals surface area contributed by atoms with Gasteiger partial charge in [-0.1, -0.05) is 12.1 Å². The second kappa shape index (κ2) is 4.56. The molecule has 0 spiro atoms. The first-order valence-corrected chi connectivity index (χ1v) is 4.47. The lowest BCUT2D eigenvalue weighted by molar-refractivity contribution is -0.117. The number of amides is 2. The summed E-state index contributed by atoms with van der Waals surface area (Å²) in [6.07, 6.45) is 0. The summed E-state index contributed by atoms with van der Waals surface area (Å²) in [5.74, 6) is -0.945.